The second-order valence-electron chi connectivity index (χ2n) is 8.42. The lowest BCUT2D eigenvalue weighted by atomic mass is 9.70. The van der Waals surface area contributed by atoms with Crippen LogP contribution in [0, 0.1) is 11.8 Å². The van der Waals surface area contributed by atoms with Gasteiger partial charge in [0.05, 0.1) is 31.1 Å². The normalized spacial score (nSPS) is 30.4. The third-order valence-electron chi connectivity index (χ3n) is 6.85. The summed E-state index contributed by atoms with van der Waals surface area (Å²) in [4.78, 5) is 30.7. The van der Waals surface area contributed by atoms with Crippen LogP contribution in [-0.2, 0) is 30.2 Å². The average molecular weight is 410 g/mol. The quantitative estimate of drug-likeness (QED) is 0.767. The summed E-state index contributed by atoms with van der Waals surface area (Å²) in [6.45, 7) is 5.06. The topological polar surface area (TPSA) is 80.9 Å². The van der Waals surface area contributed by atoms with Crippen LogP contribution in [0.3, 0.4) is 0 Å². The second-order valence-corrected chi connectivity index (χ2v) is 8.42. The van der Waals surface area contributed by atoms with Crippen LogP contribution in [-0.4, -0.2) is 54.2 Å². The minimum absolute atomic E-state index is 0.0237. The van der Waals surface area contributed by atoms with Gasteiger partial charge in [0.2, 0.25) is 0 Å². The van der Waals surface area contributed by atoms with Gasteiger partial charge in [0.15, 0.2) is 0 Å². The van der Waals surface area contributed by atoms with Gasteiger partial charge in [-0.1, -0.05) is 18.2 Å². The Hall–Kier alpha value is -2.80. The number of aromatic amines is 1. The molecule has 0 spiro atoms. The van der Waals surface area contributed by atoms with Crippen molar-refractivity contribution in [2.24, 2.45) is 11.8 Å². The molecule has 0 radical (unpaired) electrons. The van der Waals surface area contributed by atoms with Crippen LogP contribution in [0.25, 0.3) is 10.9 Å². The summed E-state index contributed by atoms with van der Waals surface area (Å²) >= 11 is 0. The lowest BCUT2D eigenvalue weighted by Crippen LogP contribution is -2.59. The van der Waals surface area contributed by atoms with Crippen molar-refractivity contribution in [3.8, 4) is 0 Å². The summed E-state index contributed by atoms with van der Waals surface area (Å²) in [5.74, 6) is -1.05. The number of H-pyrrole nitrogens is 1. The molecule has 7 nitrogen and oxygen atoms in total. The second kappa shape index (κ2) is 7.16. The highest BCUT2D eigenvalue weighted by Crippen LogP contribution is 2.49. The molecule has 4 heterocycles. The highest BCUT2D eigenvalue weighted by Gasteiger charge is 2.54. The van der Waals surface area contributed by atoms with Crippen LogP contribution >= 0.6 is 0 Å². The fourth-order valence-corrected chi connectivity index (χ4v) is 5.56. The molecule has 1 fully saturated rings. The molecule has 1 saturated heterocycles. The van der Waals surface area contributed by atoms with Crippen LogP contribution in [0.15, 0.2) is 36.1 Å². The fourth-order valence-electron chi connectivity index (χ4n) is 5.56. The van der Waals surface area contributed by atoms with Crippen LogP contribution in [0.4, 0.5) is 0 Å². The van der Waals surface area contributed by atoms with E-state index in [1.165, 1.54) is 31.2 Å². The number of esters is 2. The first-order chi connectivity index (χ1) is 14.5. The number of nitrogens with zero attached hydrogens (tertiary/aromatic N) is 1. The maximum atomic E-state index is 12.6. The number of hydrogen-bond acceptors (Lipinski definition) is 6. The molecule has 0 bridgehead atoms. The van der Waals surface area contributed by atoms with Crippen LogP contribution in [0.5, 0.6) is 0 Å². The lowest BCUT2D eigenvalue weighted by molar-refractivity contribution is -0.169. The summed E-state index contributed by atoms with van der Waals surface area (Å²) in [6.07, 6.45) is 1.82. The van der Waals surface area contributed by atoms with E-state index in [9.17, 15) is 9.59 Å². The summed E-state index contributed by atoms with van der Waals surface area (Å²) < 4.78 is 16.8. The van der Waals surface area contributed by atoms with Gasteiger partial charge in [-0.05, 0) is 25.0 Å². The third kappa shape index (κ3) is 2.83. The van der Waals surface area contributed by atoms with Crippen molar-refractivity contribution in [3.05, 3.63) is 47.4 Å². The van der Waals surface area contributed by atoms with Gasteiger partial charge in [-0.2, -0.15) is 0 Å². The van der Waals surface area contributed by atoms with Gasteiger partial charge in [-0.3, -0.25) is 9.69 Å². The largest absolute Gasteiger partial charge is 0.497 e. The Morgan fingerprint density at radius 2 is 2.07 bits per heavy atom. The summed E-state index contributed by atoms with van der Waals surface area (Å²) in [5, 5.41) is 1.21. The maximum Gasteiger partial charge on any atom is 0.337 e. The molecule has 1 N–H and O–H groups in total. The SMILES string of the molecule is COC(=O)C1=COC(C)C2CN3CCc4c([nH]c5ccccc45)C3C(OC(C)=O)C12. The molecule has 5 atom stereocenters. The van der Waals surface area contributed by atoms with Crippen molar-refractivity contribution in [3.63, 3.8) is 0 Å². The zero-order valence-corrected chi connectivity index (χ0v) is 17.4. The Bertz CT molecular complexity index is 1040. The predicted molar refractivity (Wildman–Crippen MR) is 109 cm³/mol. The number of nitrogens with one attached hydrogen (secondary N) is 1. The zero-order valence-electron chi connectivity index (χ0n) is 17.4. The average Bonchev–Trinajstić information content (AvgIpc) is 3.12. The van der Waals surface area contributed by atoms with E-state index < -0.39 is 12.1 Å². The number of methoxy groups -OCH3 is 1. The molecule has 5 rings (SSSR count). The van der Waals surface area contributed by atoms with Gasteiger partial charge in [-0.25, -0.2) is 4.79 Å². The molecule has 0 aliphatic carbocycles. The Morgan fingerprint density at radius 1 is 1.27 bits per heavy atom. The Labute approximate surface area is 175 Å². The number of fused-ring (bicyclic) bond motifs is 6. The standard InChI is InChI=1S/C23H26N2O5/c1-12-16-10-25-9-8-15-14-6-4-5-7-18(14)24-20(15)21(25)22(30-13(2)26)19(16)17(11-29-12)23(27)28-3/h4-7,11-12,16,19,21-22,24H,8-10H2,1-3H3. The number of aromatic nitrogens is 1. The lowest BCUT2D eigenvalue weighted by Gasteiger charge is -2.52. The van der Waals surface area contributed by atoms with Crippen molar-refractivity contribution in [2.45, 2.75) is 38.5 Å². The van der Waals surface area contributed by atoms with Gasteiger partial charge in [0, 0.05) is 48.4 Å². The van der Waals surface area contributed by atoms with E-state index in [-0.39, 0.29) is 30.0 Å². The molecule has 2 aromatic rings. The molecule has 0 amide bonds. The van der Waals surface area contributed by atoms with E-state index in [1.807, 2.05) is 19.1 Å². The molecule has 5 unspecified atom stereocenters. The highest BCUT2D eigenvalue weighted by molar-refractivity contribution is 5.89. The monoisotopic (exact) mass is 410 g/mol. The molecule has 1 aromatic heterocycles. The van der Waals surface area contributed by atoms with Gasteiger partial charge in [0.1, 0.15) is 6.10 Å². The summed E-state index contributed by atoms with van der Waals surface area (Å²) in [5.41, 5.74) is 3.87. The molecule has 3 aliphatic heterocycles. The van der Waals surface area contributed by atoms with E-state index in [0.717, 1.165) is 30.7 Å². The molecule has 7 heteroatoms. The van der Waals surface area contributed by atoms with Crippen molar-refractivity contribution >= 4 is 22.8 Å². The van der Waals surface area contributed by atoms with Crippen molar-refractivity contribution in [1.29, 1.82) is 0 Å². The number of carbonyl (C=O) groups excluding carboxylic acids is 2. The van der Waals surface area contributed by atoms with Gasteiger partial charge in [-0.15, -0.1) is 0 Å². The Balaban J connectivity index is 1.66. The van der Waals surface area contributed by atoms with Crippen LogP contribution < -0.4 is 0 Å². The van der Waals surface area contributed by atoms with Gasteiger partial charge in [0.25, 0.3) is 0 Å². The van der Waals surface area contributed by atoms with Crippen LogP contribution in [0.2, 0.25) is 0 Å². The number of hydrogen-bond donors (Lipinski definition) is 1. The van der Waals surface area contributed by atoms with Gasteiger partial charge < -0.3 is 19.2 Å². The van der Waals surface area contributed by atoms with E-state index in [1.54, 1.807) is 0 Å². The number of rotatable bonds is 2. The van der Waals surface area contributed by atoms with Crippen molar-refractivity contribution in [1.82, 2.24) is 9.88 Å². The summed E-state index contributed by atoms with van der Waals surface area (Å²) in [6, 6.07) is 8.11. The molecule has 3 aliphatic rings. The molecule has 1 aromatic carbocycles. The smallest absolute Gasteiger partial charge is 0.337 e. The highest BCUT2D eigenvalue weighted by atomic mass is 16.5. The maximum absolute atomic E-state index is 12.6. The van der Waals surface area contributed by atoms with Crippen LogP contribution in [0.1, 0.15) is 31.1 Å². The Kier molecular flexibility index (Phi) is 4.58. The van der Waals surface area contributed by atoms with E-state index in [4.69, 9.17) is 14.2 Å². The number of ether oxygens (including phenoxy) is 3. The zero-order chi connectivity index (χ0) is 21.0. The minimum atomic E-state index is -0.509. The Morgan fingerprint density at radius 3 is 2.83 bits per heavy atom. The number of carbonyl (C=O) groups is 2. The first-order valence-electron chi connectivity index (χ1n) is 10.4. The van der Waals surface area contributed by atoms with E-state index in [0.29, 0.717) is 5.57 Å². The van der Waals surface area contributed by atoms with Crippen molar-refractivity contribution < 1.29 is 23.8 Å². The molecular formula is C23H26N2O5. The number of benzene rings is 1. The van der Waals surface area contributed by atoms with E-state index >= 15 is 0 Å². The molecule has 158 valence electrons. The van der Waals surface area contributed by atoms with E-state index in [2.05, 4.69) is 22.0 Å². The molecule has 0 saturated carbocycles. The number of piperidine rings is 1. The van der Waals surface area contributed by atoms with Crippen molar-refractivity contribution in [2.75, 3.05) is 20.2 Å². The third-order valence-corrected chi connectivity index (χ3v) is 6.85. The number of para-hydroxylation sites is 1. The fraction of sp³-hybridized carbons (Fsp3) is 0.478. The molecular weight excluding hydrogens is 384 g/mol. The predicted octanol–water partition coefficient (Wildman–Crippen LogP) is 2.72. The van der Waals surface area contributed by atoms with Gasteiger partial charge >= 0.3 is 11.9 Å². The molecule has 30 heavy (non-hydrogen) atoms. The first-order valence-corrected chi connectivity index (χ1v) is 10.4. The first kappa shape index (κ1) is 19.2. The summed E-state index contributed by atoms with van der Waals surface area (Å²) in [7, 11) is 1.36. The minimum Gasteiger partial charge on any atom is -0.497 e.